The fraction of sp³-hybridized carbons (Fsp3) is 0.333. The average Bonchev–Trinajstić information content (AvgIpc) is 2.85. The number of imidazole rings is 1. The lowest BCUT2D eigenvalue weighted by atomic mass is 10.1. The highest BCUT2D eigenvalue weighted by Gasteiger charge is 2.11. The second-order valence-corrected chi connectivity index (χ2v) is 4.55. The number of esters is 1. The van der Waals surface area contributed by atoms with Crippen molar-refractivity contribution in [2.75, 3.05) is 7.11 Å². The molecule has 0 atom stereocenters. The van der Waals surface area contributed by atoms with Gasteiger partial charge in [0.25, 0.3) is 0 Å². The third-order valence-corrected chi connectivity index (χ3v) is 3.01. The number of benzene rings is 1. The molecule has 2 aromatic rings. The Morgan fingerprint density at radius 1 is 1.40 bits per heavy atom. The number of aromatic nitrogens is 2. The van der Waals surface area contributed by atoms with Crippen LogP contribution in [0.2, 0.25) is 0 Å². The molecule has 0 aliphatic heterocycles. The molecule has 0 aliphatic carbocycles. The van der Waals surface area contributed by atoms with Gasteiger partial charge < -0.3 is 9.30 Å². The zero-order chi connectivity index (χ0) is 14.5. The number of hydrogen-bond donors (Lipinski definition) is 0. The second kappa shape index (κ2) is 6.32. The largest absolute Gasteiger partial charge is 0.465 e. The van der Waals surface area contributed by atoms with Crippen LogP contribution < -0.4 is 0 Å². The summed E-state index contributed by atoms with van der Waals surface area (Å²) >= 11 is 0. The lowest BCUT2D eigenvalue weighted by Gasteiger charge is -2.08. The van der Waals surface area contributed by atoms with Crippen LogP contribution in [0, 0.1) is 5.82 Å². The summed E-state index contributed by atoms with van der Waals surface area (Å²) in [6.07, 6.45) is 5.11. The van der Waals surface area contributed by atoms with Gasteiger partial charge in [0.2, 0.25) is 0 Å². The summed E-state index contributed by atoms with van der Waals surface area (Å²) in [5.74, 6) is -0.132. The lowest BCUT2D eigenvalue weighted by Crippen LogP contribution is -2.06. The first-order chi connectivity index (χ1) is 9.63. The minimum absolute atomic E-state index is 0.219. The van der Waals surface area contributed by atoms with Crippen molar-refractivity contribution in [3.63, 3.8) is 0 Å². The summed E-state index contributed by atoms with van der Waals surface area (Å²) in [6, 6.07) is 4.23. The molecule has 0 radical (unpaired) electrons. The van der Waals surface area contributed by atoms with E-state index < -0.39 is 11.8 Å². The molecule has 1 heterocycles. The van der Waals surface area contributed by atoms with E-state index in [1.165, 1.54) is 19.2 Å². The Hall–Kier alpha value is -2.17. The van der Waals surface area contributed by atoms with Crippen LogP contribution in [0.5, 0.6) is 0 Å². The molecule has 0 amide bonds. The summed E-state index contributed by atoms with van der Waals surface area (Å²) in [6.45, 7) is 2.95. The summed E-state index contributed by atoms with van der Waals surface area (Å²) in [5.41, 5.74) is 0.921. The standard InChI is InChI=1S/C15H17FN2O2/c1-3-5-18-6-4-17-14(18)9-11-7-12(15(19)20-2)10-13(16)8-11/h4,6-8,10H,3,5,9H2,1-2H3. The third kappa shape index (κ3) is 3.23. The molecule has 4 nitrogen and oxygen atoms in total. The zero-order valence-electron chi connectivity index (χ0n) is 11.6. The molecule has 0 aliphatic rings. The maximum atomic E-state index is 13.6. The Morgan fingerprint density at radius 3 is 2.90 bits per heavy atom. The molecule has 5 heteroatoms. The van der Waals surface area contributed by atoms with Crippen LogP contribution in [0.4, 0.5) is 4.39 Å². The molecule has 0 fully saturated rings. The van der Waals surface area contributed by atoms with Gasteiger partial charge in [-0.05, 0) is 30.2 Å². The Morgan fingerprint density at radius 2 is 2.20 bits per heavy atom. The molecular weight excluding hydrogens is 259 g/mol. The van der Waals surface area contributed by atoms with Crippen molar-refractivity contribution in [3.8, 4) is 0 Å². The predicted octanol–water partition coefficient (Wildman–Crippen LogP) is 2.81. The average molecular weight is 276 g/mol. The van der Waals surface area contributed by atoms with E-state index in [1.807, 2.05) is 10.8 Å². The number of nitrogens with zero attached hydrogens (tertiary/aromatic N) is 2. The van der Waals surface area contributed by atoms with Gasteiger partial charge in [-0.3, -0.25) is 0 Å². The van der Waals surface area contributed by atoms with Crippen molar-refractivity contribution in [2.24, 2.45) is 0 Å². The van der Waals surface area contributed by atoms with Crippen molar-refractivity contribution in [1.82, 2.24) is 9.55 Å². The minimum Gasteiger partial charge on any atom is -0.465 e. The van der Waals surface area contributed by atoms with E-state index >= 15 is 0 Å². The van der Waals surface area contributed by atoms with Crippen molar-refractivity contribution >= 4 is 5.97 Å². The van der Waals surface area contributed by atoms with Crippen molar-refractivity contribution < 1.29 is 13.9 Å². The number of ether oxygens (including phenoxy) is 1. The van der Waals surface area contributed by atoms with Crippen LogP contribution in [-0.4, -0.2) is 22.6 Å². The fourth-order valence-electron chi connectivity index (χ4n) is 2.12. The number of halogens is 1. The van der Waals surface area contributed by atoms with E-state index in [0.29, 0.717) is 12.0 Å². The quantitative estimate of drug-likeness (QED) is 0.789. The minimum atomic E-state index is -0.539. The van der Waals surface area contributed by atoms with E-state index in [9.17, 15) is 9.18 Å². The lowest BCUT2D eigenvalue weighted by molar-refractivity contribution is 0.0600. The number of carbonyl (C=O) groups excluding carboxylic acids is 1. The van der Waals surface area contributed by atoms with Crippen LogP contribution >= 0.6 is 0 Å². The van der Waals surface area contributed by atoms with Crippen molar-refractivity contribution in [2.45, 2.75) is 26.3 Å². The predicted molar refractivity (Wildman–Crippen MR) is 73.1 cm³/mol. The van der Waals surface area contributed by atoms with E-state index in [4.69, 9.17) is 0 Å². The molecule has 20 heavy (non-hydrogen) atoms. The summed E-state index contributed by atoms with van der Waals surface area (Å²) in [4.78, 5) is 15.8. The first-order valence-electron chi connectivity index (χ1n) is 6.51. The van der Waals surface area contributed by atoms with Gasteiger partial charge in [-0.2, -0.15) is 0 Å². The van der Waals surface area contributed by atoms with Crippen LogP contribution in [0.15, 0.2) is 30.6 Å². The van der Waals surface area contributed by atoms with E-state index in [-0.39, 0.29) is 5.56 Å². The summed E-state index contributed by atoms with van der Waals surface area (Å²) in [5, 5.41) is 0. The van der Waals surface area contributed by atoms with Gasteiger partial charge in [-0.15, -0.1) is 0 Å². The molecular formula is C15H17FN2O2. The number of carbonyl (C=O) groups is 1. The van der Waals surface area contributed by atoms with Gasteiger partial charge in [-0.25, -0.2) is 14.2 Å². The fourth-order valence-corrected chi connectivity index (χ4v) is 2.12. The molecule has 2 rings (SSSR count). The van der Waals surface area contributed by atoms with E-state index in [1.54, 1.807) is 12.3 Å². The smallest absolute Gasteiger partial charge is 0.337 e. The van der Waals surface area contributed by atoms with E-state index in [2.05, 4.69) is 16.6 Å². The monoisotopic (exact) mass is 276 g/mol. The molecule has 1 aromatic carbocycles. The third-order valence-electron chi connectivity index (χ3n) is 3.01. The Bertz CT molecular complexity index is 608. The summed E-state index contributed by atoms with van der Waals surface area (Å²) in [7, 11) is 1.28. The SMILES string of the molecule is CCCn1ccnc1Cc1cc(F)cc(C(=O)OC)c1. The maximum absolute atomic E-state index is 13.6. The first kappa shape index (κ1) is 14.2. The highest BCUT2D eigenvalue weighted by molar-refractivity contribution is 5.89. The van der Waals surface area contributed by atoms with Crippen molar-refractivity contribution in [3.05, 3.63) is 53.4 Å². The zero-order valence-corrected chi connectivity index (χ0v) is 11.6. The second-order valence-electron chi connectivity index (χ2n) is 4.55. The maximum Gasteiger partial charge on any atom is 0.337 e. The summed E-state index contributed by atoms with van der Waals surface area (Å²) < 4.78 is 20.2. The Labute approximate surface area is 117 Å². The number of aryl methyl sites for hydroxylation is 1. The van der Waals surface area contributed by atoms with Crippen LogP contribution in [-0.2, 0) is 17.7 Å². The highest BCUT2D eigenvalue weighted by atomic mass is 19.1. The van der Waals surface area contributed by atoms with Gasteiger partial charge in [0.05, 0.1) is 12.7 Å². The molecule has 106 valence electrons. The van der Waals surface area contributed by atoms with Crippen LogP contribution in [0.25, 0.3) is 0 Å². The van der Waals surface area contributed by atoms with Crippen molar-refractivity contribution in [1.29, 1.82) is 0 Å². The first-order valence-corrected chi connectivity index (χ1v) is 6.51. The van der Waals surface area contributed by atoms with Gasteiger partial charge in [-0.1, -0.05) is 6.92 Å². The number of methoxy groups -OCH3 is 1. The molecule has 0 spiro atoms. The van der Waals surface area contributed by atoms with Crippen LogP contribution in [0.1, 0.15) is 35.1 Å². The number of rotatable bonds is 5. The molecule has 0 saturated heterocycles. The van der Waals surface area contributed by atoms with Gasteiger partial charge in [0, 0.05) is 25.4 Å². The molecule has 0 saturated carbocycles. The topological polar surface area (TPSA) is 44.1 Å². The van der Waals surface area contributed by atoms with Gasteiger partial charge in [0.1, 0.15) is 11.6 Å². The normalized spacial score (nSPS) is 10.6. The molecule has 1 aromatic heterocycles. The Kier molecular flexibility index (Phi) is 4.50. The molecule has 0 bridgehead atoms. The van der Waals surface area contributed by atoms with Gasteiger partial charge in [0.15, 0.2) is 0 Å². The van der Waals surface area contributed by atoms with Gasteiger partial charge >= 0.3 is 5.97 Å². The Balaban J connectivity index is 2.26. The van der Waals surface area contributed by atoms with Crippen LogP contribution in [0.3, 0.4) is 0 Å². The van der Waals surface area contributed by atoms with E-state index in [0.717, 1.165) is 18.8 Å². The molecule has 0 unspecified atom stereocenters. The highest BCUT2D eigenvalue weighted by Crippen LogP contribution is 2.14. The number of hydrogen-bond acceptors (Lipinski definition) is 3. The molecule has 0 N–H and O–H groups in total.